The Morgan fingerprint density at radius 1 is 0.947 bits per heavy atom. The highest BCUT2D eigenvalue weighted by molar-refractivity contribution is 6.00. The van der Waals surface area contributed by atoms with Crippen molar-refractivity contribution < 1.29 is 23.5 Å². The third-order valence-corrected chi connectivity index (χ3v) is 6.06. The fourth-order valence-corrected chi connectivity index (χ4v) is 4.41. The number of benzene rings is 2. The van der Waals surface area contributed by atoms with Crippen LogP contribution in [0.25, 0.3) is 16.9 Å². The molecule has 2 heterocycles. The van der Waals surface area contributed by atoms with E-state index in [-0.39, 0.29) is 24.4 Å². The Morgan fingerprint density at radius 2 is 1.50 bits per heavy atom. The van der Waals surface area contributed by atoms with Gasteiger partial charge < -0.3 is 14.8 Å². The summed E-state index contributed by atoms with van der Waals surface area (Å²) in [4.78, 5) is 26.7. The summed E-state index contributed by atoms with van der Waals surface area (Å²) in [7, 11) is 0. The van der Waals surface area contributed by atoms with Crippen LogP contribution in [-0.4, -0.2) is 34.9 Å². The molecule has 3 aromatic rings. The van der Waals surface area contributed by atoms with Crippen LogP contribution < -0.4 is 5.32 Å². The number of nitrogens with one attached hydrogen (secondary N) is 1. The van der Waals surface area contributed by atoms with Crippen molar-refractivity contribution in [2.24, 2.45) is 0 Å². The maximum atomic E-state index is 13.8. The Morgan fingerprint density at radius 3 is 2.03 bits per heavy atom. The van der Waals surface area contributed by atoms with Gasteiger partial charge in [-0.25, -0.2) is 18.7 Å². The Balaban J connectivity index is 1.98. The molecule has 0 radical (unpaired) electrons. The lowest BCUT2D eigenvalue weighted by atomic mass is 9.79. The van der Waals surface area contributed by atoms with E-state index in [1.807, 2.05) is 30.3 Å². The molecule has 8 heteroatoms. The Labute approximate surface area is 220 Å². The fraction of sp³-hybridized carbons (Fsp3) is 0.167. The first-order valence-electron chi connectivity index (χ1n) is 12.0. The number of nitrogens with zero attached hydrogens (tertiary/aromatic N) is 2. The maximum Gasteiger partial charge on any atom is 0.337 e. The number of rotatable bonds is 9. The SMILES string of the molecule is C=CCOC(=O)C1=C(C)NC(C)=C(C(=O)OCC=C)C1c1cn(-c2ccccc2)nc1-c1ccc(F)cc1. The molecule has 1 aliphatic rings. The van der Waals surface area contributed by atoms with Crippen molar-refractivity contribution in [3.8, 4) is 16.9 Å². The number of allylic oxidation sites excluding steroid dienone is 2. The molecule has 38 heavy (non-hydrogen) atoms. The molecule has 1 aliphatic heterocycles. The van der Waals surface area contributed by atoms with E-state index < -0.39 is 23.7 Å². The second-order valence-corrected chi connectivity index (χ2v) is 8.63. The van der Waals surface area contributed by atoms with Crippen LogP contribution >= 0.6 is 0 Å². The van der Waals surface area contributed by atoms with Crippen LogP contribution in [0.2, 0.25) is 0 Å². The van der Waals surface area contributed by atoms with Gasteiger partial charge in [0.05, 0.1) is 28.4 Å². The number of carbonyl (C=O) groups excluding carboxylic acids is 2. The van der Waals surface area contributed by atoms with E-state index in [1.54, 1.807) is 36.9 Å². The lowest BCUT2D eigenvalue weighted by molar-refractivity contribution is -0.138. The van der Waals surface area contributed by atoms with Gasteiger partial charge in [0.1, 0.15) is 19.0 Å². The third kappa shape index (κ3) is 5.34. The van der Waals surface area contributed by atoms with Gasteiger partial charge in [-0.3, -0.25) is 0 Å². The quantitative estimate of drug-likeness (QED) is 0.306. The molecular formula is C30H28FN3O4. The number of ether oxygens (including phenoxy) is 2. The molecule has 4 rings (SSSR count). The molecule has 0 atom stereocenters. The average Bonchev–Trinajstić information content (AvgIpc) is 3.36. The number of dihydropyridines is 1. The second-order valence-electron chi connectivity index (χ2n) is 8.63. The Kier molecular flexibility index (Phi) is 8.01. The summed E-state index contributed by atoms with van der Waals surface area (Å²) in [5.41, 5.74) is 3.93. The van der Waals surface area contributed by atoms with E-state index >= 15 is 0 Å². The minimum atomic E-state index is -0.886. The van der Waals surface area contributed by atoms with Crippen LogP contribution in [0.4, 0.5) is 4.39 Å². The number of hydrogen-bond acceptors (Lipinski definition) is 6. The van der Waals surface area contributed by atoms with E-state index in [4.69, 9.17) is 14.6 Å². The Bertz CT molecular complexity index is 1390. The van der Waals surface area contributed by atoms with Gasteiger partial charge in [0.25, 0.3) is 0 Å². The van der Waals surface area contributed by atoms with E-state index in [2.05, 4.69) is 18.5 Å². The van der Waals surface area contributed by atoms with Gasteiger partial charge in [0.2, 0.25) is 0 Å². The molecule has 194 valence electrons. The normalized spacial score (nSPS) is 13.7. The van der Waals surface area contributed by atoms with Gasteiger partial charge >= 0.3 is 11.9 Å². The van der Waals surface area contributed by atoms with Gasteiger partial charge in [-0.2, -0.15) is 5.10 Å². The zero-order chi connectivity index (χ0) is 27.2. The summed E-state index contributed by atoms with van der Waals surface area (Å²) in [6.07, 6.45) is 4.71. The number of halogens is 1. The highest BCUT2D eigenvalue weighted by Crippen LogP contribution is 2.43. The molecule has 0 aliphatic carbocycles. The zero-order valence-corrected chi connectivity index (χ0v) is 21.2. The van der Waals surface area contributed by atoms with Gasteiger partial charge in [-0.15, -0.1) is 0 Å². The van der Waals surface area contributed by atoms with Gasteiger partial charge in [0.15, 0.2) is 0 Å². The summed E-state index contributed by atoms with van der Waals surface area (Å²) in [6.45, 7) is 10.7. The number of para-hydroxylation sites is 1. The molecule has 0 bridgehead atoms. The standard InChI is InChI=1S/C30H28FN3O4/c1-5-16-37-29(35)25-19(3)32-20(4)26(30(36)38-17-6-2)27(25)24-18-34(23-10-8-7-9-11-23)33-28(24)21-12-14-22(31)15-13-21/h5-15,18,27,32H,1-2,16-17H2,3-4H3. The molecule has 7 nitrogen and oxygen atoms in total. The van der Waals surface area contributed by atoms with Crippen molar-refractivity contribution in [3.05, 3.63) is 120 Å². The topological polar surface area (TPSA) is 82.5 Å². The van der Waals surface area contributed by atoms with Crippen LogP contribution in [-0.2, 0) is 19.1 Å². The number of hydrogen-bond donors (Lipinski definition) is 1. The van der Waals surface area contributed by atoms with Crippen LogP contribution in [0, 0.1) is 5.82 Å². The lowest BCUT2D eigenvalue weighted by Gasteiger charge is -2.30. The van der Waals surface area contributed by atoms with Crippen molar-refractivity contribution in [2.45, 2.75) is 19.8 Å². The minimum absolute atomic E-state index is 0.00459. The summed E-state index contributed by atoms with van der Waals surface area (Å²) in [5, 5.41) is 7.94. The first kappa shape index (κ1) is 26.3. The monoisotopic (exact) mass is 513 g/mol. The molecular weight excluding hydrogens is 485 g/mol. The zero-order valence-electron chi connectivity index (χ0n) is 21.2. The molecule has 0 spiro atoms. The van der Waals surface area contributed by atoms with E-state index in [1.165, 1.54) is 24.3 Å². The third-order valence-electron chi connectivity index (χ3n) is 6.06. The number of esters is 2. The van der Waals surface area contributed by atoms with Crippen LogP contribution in [0.3, 0.4) is 0 Å². The molecule has 1 aromatic heterocycles. The predicted octanol–water partition coefficient (Wildman–Crippen LogP) is 5.37. The highest BCUT2D eigenvalue weighted by atomic mass is 19.1. The van der Waals surface area contributed by atoms with E-state index in [9.17, 15) is 14.0 Å². The molecule has 0 amide bonds. The molecule has 0 saturated carbocycles. The number of carbonyl (C=O) groups is 2. The van der Waals surface area contributed by atoms with Gasteiger partial charge in [-0.05, 0) is 50.2 Å². The van der Waals surface area contributed by atoms with Crippen molar-refractivity contribution in [2.75, 3.05) is 13.2 Å². The minimum Gasteiger partial charge on any atom is -0.458 e. The van der Waals surface area contributed by atoms with E-state index in [0.29, 0.717) is 28.2 Å². The molecule has 1 N–H and O–H groups in total. The van der Waals surface area contributed by atoms with Crippen molar-refractivity contribution in [1.82, 2.24) is 15.1 Å². The van der Waals surface area contributed by atoms with Crippen LogP contribution in [0.5, 0.6) is 0 Å². The number of aromatic nitrogens is 2. The lowest BCUT2D eigenvalue weighted by Crippen LogP contribution is -2.32. The summed E-state index contributed by atoms with van der Waals surface area (Å²) in [5.74, 6) is -2.50. The first-order chi connectivity index (χ1) is 18.3. The van der Waals surface area contributed by atoms with Gasteiger partial charge in [-0.1, -0.05) is 43.5 Å². The van der Waals surface area contributed by atoms with Crippen molar-refractivity contribution in [3.63, 3.8) is 0 Å². The first-order valence-corrected chi connectivity index (χ1v) is 12.0. The highest BCUT2D eigenvalue weighted by Gasteiger charge is 2.40. The summed E-state index contributed by atoms with van der Waals surface area (Å²) in [6, 6.07) is 15.3. The second kappa shape index (κ2) is 11.6. The van der Waals surface area contributed by atoms with Gasteiger partial charge in [0, 0.05) is 28.7 Å². The van der Waals surface area contributed by atoms with Crippen molar-refractivity contribution >= 4 is 11.9 Å². The van der Waals surface area contributed by atoms with Crippen LogP contribution in [0.15, 0.2) is 109 Å². The average molecular weight is 514 g/mol. The largest absolute Gasteiger partial charge is 0.458 e. The fourth-order valence-electron chi connectivity index (χ4n) is 4.41. The maximum absolute atomic E-state index is 13.8. The molecule has 0 unspecified atom stereocenters. The van der Waals surface area contributed by atoms with E-state index in [0.717, 1.165) is 5.69 Å². The smallest absolute Gasteiger partial charge is 0.337 e. The predicted molar refractivity (Wildman–Crippen MR) is 143 cm³/mol. The van der Waals surface area contributed by atoms with Crippen LogP contribution in [0.1, 0.15) is 25.3 Å². The summed E-state index contributed by atoms with van der Waals surface area (Å²) < 4.78 is 26.3. The molecule has 0 fully saturated rings. The van der Waals surface area contributed by atoms with Crippen molar-refractivity contribution in [1.29, 1.82) is 0 Å². The summed E-state index contributed by atoms with van der Waals surface area (Å²) >= 11 is 0. The molecule has 0 saturated heterocycles. The molecule has 2 aromatic carbocycles. The Hall–Kier alpha value is -4.72.